The standard InChI is InChI=1S/C16H23F2N3O2/c1-19-6-8-21(9-7-19)11-12(22)10-20(2)16(23)13-4-3-5-14(17)15(13)18/h3-5,12,22H,6-11H2,1-2H3. The molecular weight excluding hydrogens is 304 g/mol. The Kier molecular flexibility index (Phi) is 6.04. The van der Waals surface area contributed by atoms with Crippen LogP contribution in [0.5, 0.6) is 0 Å². The largest absolute Gasteiger partial charge is 0.390 e. The van der Waals surface area contributed by atoms with E-state index < -0.39 is 23.6 Å². The normalized spacial score (nSPS) is 18.0. The molecule has 1 N–H and O–H groups in total. The summed E-state index contributed by atoms with van der Waals surface area (Å²) in [5, 5.41) is 10.1. The highest BCUT2D eigenvalue weighted by Crippen LogP contribution is 2.13. The van der Waals surface area contributed by atoms with Crippen LogP contribution in [0.2, 0.25) is 0 Å². The van der Waals surface area contributed by atoms with E-state index in [1.165, 1.54) is 24.1 Å². The number of benzene rings is 1. The van der Waals surface area contributed by atoms with Crippen LogP contribution in [-0.2, 0) is 0 Å². The fraction of sp³-hybridized carbons (Fsp3) is 0.562. The van der Waals surface area contributed by atoms with Crippen molar-refractivity contribution in [3.8, 4) is 0 Å². The number of piperazine rings is 1. The molecule has 0 radical (unpaired) electrons. The zero-order valence-corrected chi connectivity index (χ0v) is 13.5. The zero-order valence-electron chi connectivity index (χ0n) is 13.5. The number of amides is 1. The van der Waals surface area contributed by atoms with Crippen molar-refractivity contribution >= 4 is 5.91 Å². The van der Waals surface area contributed by atoms with Crippen molar-refractivity contribution < 1.29 is 18.7 Å². The number of aliphatic hydroxyl groups excluding tert-OH is 1. The Bertz CT molecular complexity index is 548. The van der Waals surface area contributed by atoms with Gasteiger partial charge in [0.2, 0.25) is 0 Å². The highest BCUT2D eigenvalue weighted by molar-refractivity contribution is 5.94. The van der Waals surface area contributed by atoms with Crippen LogP contribution in [0.1, 0.15) is 10.4 Å². The van der Waals surface area contributed by atoms with Crippen LogP contribution in [0.4, 0.5) is 8.78 Å². The Morgan fingerprint density at radius 2 is 1.96 bits per heavy atom. The second-order valence-electron chi connectivity index (χ2n) is 6.04. The van der Waals surface area contributed by atoms with Crippen molar-refractivity contribution in [3.05, 3.63) is 35.4 Å². The van der Waals surface area contributed by atoms with Crippen LogP contribution in [-0.4, -0.2) is 85.2 Å². The van der Waals surface area contributed by atoms with Gasteiger partial charge in [-0.05, 0) is 19.2 Å². The summed E-state index contributed by atoms with van der Waals surface area (Å²) in [4.78, 5) is 17.7. The second kappa shape index (κ2) is 7.81. The fourth-order valence-corrected chi connectivity index (χ4v) is 2.66. The molecule has 1 amide bonds. The molecule has 0 spiro atoms. The van der Waals surface area contributed by atoms with E-state index >= 15 is 0 Å². The van der Waals surface area contributed by atoms with E-state index in [1.807, 2.05) is 7.05 Å². The number of β-amino-alcohol motifs (C(OH)–C–C–N with tert-alkyl or cyclic N) is 1. The lowest BCUT2D eigenvalue weighted by molar-refractivity contribution is 0.0498. The Morgan fingerprint density at radius 1 is 1.30 bits per heavy atom. The minimum absolute atomic E-state index is 0.0706. The molecule has 1 aliphatic heterocycles. The van der Waals surface area contributed by atoms with Crippen molar-refractivity contribution in [1.29, 1.82) is 0 Å². The van der Waals surface area contributed by atoms with Crippen LogP contribution in [0.3, 0.4) is 0 Å². The highest BCUT2D eigenvalue weighted by Gasteiger charge is 2.22. The monoisotopic (exact) mass is 327 g/mol. The fourth-order valence-electron chi connectivity index (χ4n) is 2.66. The van der Waals surface area contributed by atoms with Gasteiger partial charge in [-0.15, -0.1) is 0 Å². The molecule has 128 valence electrons. The van der Waals surface area contributed by atoms with E-state index in [1.54, 1.807) is 0 Å². The molecule has 1 saturated heterocycles. The summed E-state index contributed by atoms with van der Waals surface area (Å²) >= 11 is 0. The third-order valence-electron chi connectivity index (χ3n) is 4.08. The average molecular weight is 327 g/mol. The van der Waals surface area contributed by atoms with Crippen molar-refractivity contribution in [3.63, 3.8) is 0 Å². The SMILES string of the molecule is CN1CCN(CC(O)CN(C)C(=O)c2cccc(F)c2F)CC1. The highest BCUT2D eigenvalue weighted by atomic mass is 19.2. The van der Waals surface area contributed by atoms with E-state index in [-0.39, 0.29) is 12.1 Å². The topological polar surface area (TPSA) is 47.0 Å². The smallest absolute Gasteiger partial charge is 0.256 e. The first-order valence-electron chi connectivity index (χ1n) is 7.67. The molecule has 1 aromatic rings. The minimum atomic E-state index is -1.15. The molecule has 0 saturated carbocycles. The summed E-state index contributed by atoms with van der Waals surface area (Å²) in [5.74, 6) is -2.85. The average Bonchev–Trinajstić information content (AvgIpc) is 2.51. The summed E-state index contributed by atoms with van der Waals surface area (Å²) in [7, 11) is 3.52. The van der Waals surface area contributed by atoms with Gasteiger partial charge in [0.15, 0.2) is 11.6 Å². The number of carbonyl (C=O) groups excluding carboxylic acids is 1. The summed E-state index contributed by atoms with van der Waals surface area (Å²) < 4.78 is 26.9. The molecule has 7 heteroatoms. The lowest BCUT2D eigenvalue weighted by atomic mass is 10.1. The van der Waals surface area contributed by atoms with Gasteiger partial charge in [-0.2, -0.15) is 0 Å². The van der Waals surface area contributed by atoms with Gasteiger partial charge in [0.05, 0.1) is 11.7 Å². The minimum Gasteiger partial charge on any atom is -0.390 e. The Morgan fingerprint density at radius 3 is 2.61 bits per heavy atom. The number of likely N-dealkylation sites (N-methyl/N-ethyl adjacent to an activating group) is 2. The molecule has 23 heavy (non-hydrogen) atoms. The van der Waals surface area contributed by atoms with Gasteiger partial charge < -0.3 is 14.9 Å². The third kappa shape index (κ3) is 4.70. The number of hydrogen-bond acceptors (Lipinski definition) is 4. The number of rotatable bonds is 5. The van der Waals surface area contributed by atoms with Crippen LogP contribution in [0.15, 0.2) is 18.2 Å². The molecule has 1 fully saturated rings. The number of nitrogens with zero attached hydrogens (tertiary/aromatic N) is 3. The summed E-state index contributed by atoms with van der Waals surface area (Å²) in [6.45, 7) is 4.14. The first-order valence-corrected chi connectivity index (χ1v) is 7.67. The van der Waals surface area contributed by atoms with Crippen molar-refractivity contribution in [1.82, 2.24) is 14.7 Å². The van der Waals surface area contributed by atoms with Gasteiger partial charge in [-0.3, -0.25) is 9.69 Å². The van der Waals surface area contributed by atoms with Gasteiger partial charge in [-0.1, -0.05) is 6.07 Å². The first kappa shape index (κ1) is 17.8. The third-order valence-corrected chi connectivity index (χ3v) is 4.08. The predicted octanol–water partition coefficient (Wildman–Crippen LogP) is 0.645. The van der Waals surface area contributed by atoms with Gasteiger partial charge in [0, 0.05) is 46.3 Å². The quantitative estimate of drug-likeness (QED) is 0.862. The van der Waals surface area contributed by atoms with Crippen LogP contribution < -0.4 is 0 Å². The number of aliphatic hydroxyl groups is 1. The van der Waals surface area contributed by atoms with Crippen LogP contribution in [0, 0.1) is 11.6 Å². The molecule has 0 aromatic heterocycles. The molecule has 2 rings (SSSR count). The zero-order chi connectivity index (χ0) is 17.0. The maximum absolute atomic E-state index is 13.7. The molecule has 1 aliphatic rings. The van der Waals surface area contributed by atoms with Gasteiger partial charge in [-0.25, -0.2) is 8.78 Å². The molecular formula is C16H23F2N3O2. The van der Waals surface area contributed by atoms with Crippen molar-refractivity contribution in [2.75, 3.05) is 53.4 Å². The Balaban J connectivity index is 1.89. The van der Waals surface area contributed by atoms with Gasteiger partial charge in [0.1, 0.15) is 0 Å². The number of carbonyl (C=O) groups is 1. The van der Waals surface area contributed by atoms with E-state index in [2.05, 4.69) is 9.80 Å². The Hall–Kier alpha value is -1.57. The lowest BCUT2D eigenvalue weighted by Crippen LogP contribution is -2.49. The van der Waals surface area contributed by atoms with E-state index in [4.69, 9.17) is 0 Å². The van der Waals surface area contributed by atoms with Crippen LogP contribution >= 0.6 is 0 Å². The van der Waals surface area contributed by atoms with E-state index in [0.29, 0.717) is 6.54 Å². The van der Waals surface area contributed by atoms with Crippen molar-refractivity contribution in [2.24, 2.45) is 0 Å². The predicted molar refractivity (Wildman–Crippen MR) is 83.3 cm³/mol. The molecule has 0 bridgehead atoms. The van der Waals surface area contributed by atoms with E-state index in [9.17, 15) is 18.7 Å². The lowest BCUT2D eigenvalue weighted by Gasteiger charge is -2.34. The summed E-state index contributed by atoms with van der Waals surface area (Å²) in [6, 6.07) is 3.50. The summed E-state index contributed by atoms with van der Waals surface area (Å²) in [6.07, 6.45) is -0.732. The Labute approximate surface area is 135 Å². The molecule has 5 nitrogen and oxygen atoms in total. The van der Waals surface area contributed by atoms with Gasteiger partial charge in [0.25, 0.3) is 5.91 Å². The van der Waals surface area contributed by atoms with Gasteiger partial charge >= 0.3 is 0 Å². The maximum Gasteiger partial charge on any atom is 0.256 e. The molecule has 1 unspecified atom stereocenters. The molecule has 1 atom stereocenters. The number of halogens is 2. The van der Waals surface area contributed by atoms with E-state index in [0.717, 1.165) is 32.2 Å². The van der Waals surface area contributed by atoms with Crippen molar-refractivity contribution in [2.45, 2.75) is 6.10 Å². The maximum atomic E-state index is 13.7. The molecule has 1 heterocycles. The first-order chi connectivity index (χ1) is 10.9. The second-order valence-corrected chi connectivity index (χ2v) is 6.04. The number of hydrogen-bond donors (Lipinski definition) is 1. The summed E-state index contributed by atoms with van der Waals surface area (Å²) in [5.41, 5.74) is -0.320. The molecule has 0 aliphatic carbocycles. The molecule has 1 aromatic carbocycles. The van der Waals surface area contributed by atoms with Crippen LogP contribution in [0.25, 0.3) is 0 Å².